The molecule has 0 nitrogen and oxygen atoms in total. The Morgan fingerprint density at radius 1 is 0.824 bits per heavy atom. The molecule has 96 valence electrons. The molecule has 0 N–H and O–H groups in total. The van der Waals surface area contributed by atoms with Gasteiger partial charge in [-0.1, -0.05) is 26.2 Å². The lowest BCUT2D eigenvalue weighted by Crippen LogP contribution is -2.05. The van der Waals surface area contributed by atoms with Crippen LogP contribution in [0.15, 0.2) is 4.90 Å². The molecule has 0 amide bonds. The molecule has 0 atom stereocenters. The first-order valence-corrected chi connectivity index (χ1v) is 5.99. The molecule has 0 saturated carbocycles. The average molecular weight is 266 g/mol. The van der Waals surface area contributed by atoms with Crippen LogP contribution >= 0.6 is 12.6 Å². The van der Waals surface area contributed by atoms with Gasteiger partial charge in [-0.2, -0.15) is 0 Å². The van der Waals surface area contributed by atoms with Gasteiger partial charge >= 0.3 is 0 Å². The monoisotopic (exact) mass is 266 g/mol. The quantitative estimate of drug-likeness (QED) is 0.341. The molecule has 0 saturated heterocycles. The summed E-state index contributed by atoms with van der Waals surface area (Å²) in [4.78, 5) is -0.905. The summed E-state index contributed by atoms with van der Waals surface area (Å²) in [6, 6.07) is 0. The van der Waals surface area contributed by atoms with Gasteiger partial charge in [0, 0.05) is 5.56 Å². The van der Waals surface area contributed by atoms with E-state index in [1.54, 1.807) is 0 Å². The average Bonchev–Trinajstić information content (AvgIpc) is 2.33. The van der Waals surface area contributed by atoms with Gasteiger partial charge in [0.2, 0.25) is 0 Å². The summed E-state index contributed by atoms with van der Waals surface area (Å²) < 4.78 is 53.1. The summed E-state index contributed by atoms with van der Waals surface area (Å²) in [7, 11) is 0. The minimum absolute atomic E-state index is 0.000432. The van der Waals surface area contributed by atoms with Crippen molar-refractivity contribution in [3.05, 3.63) is 28.8 Å². The Morgan fingerprint density at radius 2 is 1.35 bits per heavy atom. The van der Waals surface area contributed by atoms with Gasteiger partial charge in [0.05, 0.1) is 4.90 Å². The zero-order valence-corrected chi connectivity index (χ0v) is 10.4. The molecule has 5 heteroatoms. The van der Waals surface area contributed by atoms with Crippen molar-refractivity contribution >= 4 is 12.6 Å². The van der Waals surface area contributed by atoms with E-state index in [9.17, 15) is 17.6 Å². The van der Waals surface area contributed by atoms with Gasteiger partial charge in [-0.05, 0) is 12.8 Å². The fourth-order valence-corrected chi connectivity index (χ4v) is 1.81. The number of hydrogen-bond acceptors (Lipinski definition) is 1. The lowest BCUT2D eigenvalue weighted by molar-refractivity contribution is 0.411. The Labute approximate surface area is 103 Å². The fourth-order valence-electron chi connectivity index (χ4n) is 1.61. The molecular formula is C12H14F4S. The topological polar surface area (TPSA) is 0 Å². The van der Waals surface area contributed by atoms with Crippen molar-refractivity contribution in [3.8, 4) is 0 Å². The predicted molar refractivity (Wildman–Crippen MR) is 61.4 cm³/mol. The number of unbranched alkanes of at least 4 members (excludes halogenated alkanes) is 3. The predicted octanol–water partition coefficient (Wildman–Crippen LogP) is 4.65. The van der Waals surface area contributed by atoms with Gasteiger partial charge in [0.25, 0.3) is 0 Å². The second-order valence-corrected chi connectivity index (χ2v) is 4.34. The highest BCUT2D eigenvalue weighted by molar-refractivity contribution is 7.80. The smallest absolute Gasteiger partial charge is 0.175 e. The Bertz CT molecular complexity index is 375. The van der Waals surface area contributed by atoms with Crippen molar-refractivity contribution in [3.63, 3.8) is 0 Å². The highest BCUT2D eigenvalue weighted by Crippen LogP contribution is 2.27. The Kier molecular flexibility index (Phi) is 5.31. The first-order chi connectivity index (χ1) is 8.00. The molecule has 0 unspecified atom stereocenters. The second kappa shape index (κ2) is 6.28. The highest BCUT2D eigenvalue weighted by atomic mass is 32.1. The zero-order valence-electron chi connectivity index (χ0n) is 9.49. The molecule has 0 heterocycles. The largest absolute Gasteiger partial charge is 0.203 e. The van der Waals surface area contributed by atoms with E-state index < -0.39 is 33.7 Å². The molecule has 0 aliphatic rings. The molecule has 0 bridgehead atoms. The van der Waals surface area contributed by atoms with Crippen LogP contribution in [0, 0.1) is 23.3 Å². The van der Waals surface area contributed by atoms with Crippen LogP contribution in [0.1, 0.15) is 38.2 Å². The van der Waals surface area contributed by atoms with E-state index in [4.69, 9.17) is 0 Å². The van der Waals surface area contributed by atoms with Gasteiger partial charge in [-0.3, -0.25) is 0 Å². The van der Waals surface area contributed by atoms with Gasteiger partial charge < -0.3 is 0 Å². The number of hydrogen-bond donors (Lipinski definition) is 1. The van der Waals surface area contributed by atoms with E-state index >= 15 is 0 Å². The third kappa shape index (κ3) is 3.15. The number of halogens is 4. The van der Waals surface area contributed by atoms with Crippen LogP contribution < -0.4 is 0 Å². The molecule has 1 rings (SSSR count). The van der Waals surface area contributed by atoms with Crippen molar-refractivity contribution in [1.82, 2.24) is 0 Å². The maximum atomic E-state index is 13.4. The zero-order chi connectivity index (χ0) is 13.0. The molecule has 0 aliphatic heterocycles. The third-order valence-electron chi connectivity index (χ3n) is 2.61. The standard InChI is InChI=1S/C12H14F4S/c1-2-3-4-5-6-7-8(13)10(15)12(17)11(16)9(7)14/h17H,2-6H2,1H3. The summed E-state index contributed by atoms with van der Waals surface area (Å²) in [5, 5.41) is 0. The van der Waals surface area contributed by atoms with Gasteiger partial charge in [0.15, 0.2) is 23.3 Å². The summed E-state index contributed by atoms with van der Waals surface area (Å²) in [6.45, 7) is 2.00. The van der Waals surface area contributed by atoms with Crippen molar-refractivity contribution in [1.29, 1.82) is 0 Å². The Morgan fingerprint density at radius 3 is 1.82 bits per heavy atom. The number of rotatable bonds is 5. The molecule has 0 radical (unpaired) electrons. The van der Waals surface area contributed by atoms with Crippen molar-refractivity contribution < 1.29 is 17.6 Å². The van der Waals surface area contributed by atoms with Crippen LogP contribution in [0.4, 0.5) is 17.6 Å². The maximum absolute atomic E-state index is 13.4. The van der Waals surface area contributed by atoms with Crippen LogP contribution in [0.5, 0.6) is 0 Å². The van der Waals surface area contributed by atoms with E-state index in [1.807, 2.05) is 6.92 Å². The molecular weight excluding hydrogens is 252 g/mol. The van der Waals surface area contributed by atoms with Crippen molar-refractivity contribution in [2.75, 3.05) is 0 Å². The SMILES string of the molecule is CCCCCCc1c(F)c(F)c(S)c(F)c1F. The number of benzene rings is 1. The maximum Gasteiger partial charge on any atom is 0.175 e. The molecule has 0 fully saturated rings. The minimum atomic E-state index is -1.42. The van der Waals surface area contributed by atoms with Crippen LogP contribution in [-0.4, -0.2) is 0 Å². The van der Waals surface area contributed by atoms with Crippen LogP contribution in [0.2, 0.25) is 0 Å². The first kappa shape index (κ1) is 14.4. The van der Waals surface area contributed by atoms with E-state index in [2.05, 4.69) is 12.6 Å². The van der Waals surface area contributed by atoms with Gasteiger partial charge in [-0.25, -0.2) is 17.6 Å². The van der Waals surface area contributed by atoms with E-state index in [1.165, 1.54) is 0 Å². The highest BCUT2D eigenvalue weighted by Gasteiger charge is 2.22. The third-order valence-corrected chi connectivity index (χ3v) is 3.00. The second-order valence-electron chi connectivity index (χ2n) is 3.89. The van der Waals surface area contributed by atoms with E-state index in [0.29, 0.717) is 6.42 Å². The minimum Gasteiger partial charge on any atom is -0.203 e. The van der Waals surface area contributed by atoms with Crippen molar-refractivity contribution in [2.45, 2.75) is 43.9 Å². The molecule has 1 aromatic rings. The van der Waals surface area contributed by atoms with Crippen LogP contribution in [-0.2, 0) is 6.42 Å². The van der Waals surface area contributed by atoms with Crippen LogP contribution in [0.25, 0.3) is 0 Å². The Hall–Kier alpha value is -0.710. The van der Waals surface area contributed by atoms with Crippen LogP contribution in [0.3, 0.4) is 0 Å². The molecule has 0 spiro atoms. The lowest BCUT2D eigenvalue weighted by atomic mass is 10.0. The van der Waals surface area contributed by atoms with E-state index in [0.717, 1.165) is 19.3 Å². The number of thiol groups is 1. The first-order valence-electron chi connectivity index (χ1n) is 5.54. The fraction of sp³-hybridized carbons (Fsp3) is 0.500. The molecule has 1 aromatic carbocycles. The van der Waals surface area contributed by atoms with Gasteiger partial charge in [-0.15, -0.1) is 12.6 Å². The van der Waals surface area contributed by atoms with E-state index in [-0.39, 0.29) is 6.42 Å². The normalized spacial score (nSPS) is 10.9. The Balaban J connectivity index is 2.92. The summed E-state index contributed by atoms with van der Waals surface area (Å²) in [6.07, 6.45) is 3.19. The summed E-state index contributed by atoms with van der Waals surface area (Å²) in [5.74, 6) is -5.49. The lowest BCUT2D eigenvalue weighted by Gasteiger charge is -2.08. The summed E-state index contributed by atoms with van der Waals surface area (Å²) >= 11 is 3.39. The summed E-state index contributed by atoms with van der Waals surface area (Å²) in [5.41, 5.74) is -0.520. The molecule has 0 aromatic heterocycles. The van der Waals surface area contributed by atoms with Gasteiger partial charge in [0.1, 0.15) is 0 Å². The molecule has 0 aliphatic carbocycles. The molecule has 17 heavy (non-hydrogen) atoms. The van der Waals surface area contributed by atoms with Crippen molar-refractivity contribution in [2.24, 2.45) is 0 Å².